The number of hydrogen-bond donors (Lipinski definition) is 0. The van der Waals surface area contributed by atoms with E-state index in [-0.39, 0.29) is 21.4 Å². The molecule has 0 saturated heterocycles. The molecular formula is C15H16ClNO4S2. The number of hydrogen-bond acceptors (Lipinski definition) is 5. The van der Waals surface area contributed by atoms with Crippen molar-refractivity contribution in [2.45, 2.75) is 23.8 Å². The topological polar surface area (TPSA) is 81.2 Å². The smallest absolute Gasteiger partial charge is 0.196 e. The van der Waals surface area contributed by atoms with Crippen LogP contribution in [0.3, 0.4) is 0 Å². The zero-order chi connectivity index (χ0) is 17.3. The highest BCUT2D eigenvalue weighted by Crippen LogP contribution is 2.28. The minimum Gasteiger partial charge on any atom is -0.243 e. The largest absolute Gasteiger partial charge is 0.243 e. The summed E-state index contributed by atoms with van der Waals surface area (Å²) in [5.41, 5.74) is 1.22. The molecule has 0 atom stereocenters. The molecule has 0 radical (unpaired) electrons. The van der Waals surface area contributed by atoms with Crippen LogP contribution in [0.4, 0.5) is 0 Å². The molecule has 8 heteroatoms. The van der Waals surface area contributed by atoms with E-state index in [4.69, 9.17) is 11.6 Å². The van der Waals surface area contributed by atoms with Crippen molar-refractivity contribution in [1.29, 1.82) is 0 Å². The molecule has 0 bridgehead atoms. The first-order valence-electron chi connectivity index (χ1n) is 6.92. The van der Waals surface area contributed by atoms with Gasteiger partial charge in [-0.2, -0.15) is 0 Å². The zero-order valence-corrected chi connectivity index (χ0v) is 15.0. The molecule has 0 N–H and O–H groups in total. The van der Waals surface area contributed by atoms with E-state index in [1.807, 2.05) is 0 Å². The predicted octanol–water partition coefficient (Wildman–Crippen LogP) is 2.99. The Morgan fingerprint density at radius 2 is 1.48 bits per heavy atom. The minimum absolute atomic E-state index is 0.203. The molecule has 0 aliphatic heterocycles. The van der Waals surface area contributed by atoms with Gasteiger partial charge >= 0.3 is 0 Å². The summed E-state index contributed by atoms with van der Waals surface area (Å²) in [6.07, 6.45) is 1.36. The molecule has 0 aliphatic carbocycles. The Labute approximate surface area is 141 Å². The highest BCUT2D eigenvalue weighted by Gasteiger charge is 2.26. The van der Waals surface area contributed by atoms with Crippen molar-refractivity contribution < 1.29 is 16.8 Å². The van der Waals surface area contributed by atoms with Gasteiger partial charge in [-0.1, -0.05) is 37.6 Å². The van der Waals surface area contributed by atoms with Crippen LogP contribution in [-0.2, 0) is 19.7 Å². The second-order valence-corrected chi connectivity index (χ2v) is 9.72. The summed E-state index contributed by atoms with van der Waals surface area (Å²) in [6, 6.07) is 8.13. The van der Waals surface area contributed by atoms with Gasteiger partial charge in [0.25, 0.3) is 0 Å². The normalized spacial score (nSPS) is 12.3. The van der Waals surface area contributed by atoms with Crippen molar-refractivity contribution in [3.63, 3.8) is 0 Å². The van der Waals surface area contributed by atoms with Crippen molar-refractivity contribution >= 4 is 31.3 Å². The van der Waals surface area contributed by atoms with Crippen molar-refractivity contribution in [3.05, 3.63) is 41.6 Å². The van der Waals surface area contributed by atoms with Gasteiger partial charge in [0.2, 0.25) is 0 Å². The van der Waals surface area contributed by atoms with E-state index in [0.717, 1.165) is 0 Å². The van der Waals surface area contributed by atoms with Gasteiger partial charge in [0.05, 0.1) is 11.5 Å². The van der Waals surface area contributed by atoms with Crippen LogP contribution in [-0.4, -0.2) is 33.3 Å². The maximum Gasteiger partial charge on any atom is 0.196 e. The van der Waals surface area contributed by atoms with E-state index in [9.17, 15) is 16.8 Å². The van der Waals surface area contributed by atoms with Crippen LogP contribution in [0.15, 0.2) is 46.5 Å². The molecule has 2 rings (SSSR count). The number of sulfone groups is 2. The quantitative estimate of drug-likeness (QED) is 0.804. The van der Waals surface area contributed by atoms with Gasteiger partial charge in [0.1, 0.15) is 4.90 Å². The van der Waals surface area contributed by atoms with E-state index >= 15 is 0 Å². The van der Waals surface area contributed by atoms with E-state index < -0.39 is 19.7 Å². The fourth-order valence-corrected chi connectivity index (χ4v) is 4.66. The molecule has 23 heavy (non-hydrogen) atoms. The number of rotatable bonds is 5. The lowest BCUT2D eigenvalue weighted by Gasteiger charge is -2.11. The Balaban J connectivity index is 2.73. The third-order valence-corrected chi connectivity index (χ3v) is 7.18. The molecule has 1 heterocycles. The summed E-state index contributed by atoms with van der Waals surface area (Å²) in [5.74, 6) is -0.419. The molecule has 5 nitrogen and oxygen atoms in total. The van der Waals surface area contributed by atoms with Gasteiger partial charge in [-0.25, -0.2) is 21.8 Å². The van der Waals surface area contributed by atoms with Crippen LogP contribution in [0.2, 0.25) is 5.02 Å². The number of halogens is 1. The summed E-state index contributed by atoms with van der Waals surface area (Å²) in [7, 11) is -7.47. The van der Waals surface area contributed by atoms with Gasteiger partial charge < -0.3 is 0 Å². The monoisotopic (exact) mass is 373 g/mol. The van der Waals surface area contributed by atoms with Crippen molar-refractivity contribution in [2.24, 2.45) is 0 Å². The predicted molar refractivity (Wildman–Crippen MR) is 90.1 cm³/mol. The van der Waals surface area contributed by atoms with Gasteiger partial charge in [-0.05, 0) is 23.8 Å². The molecular weight excluding hydrogens is 358 g/mol. The standard InChI is InChI=1S/C15H16ClNO4S2/c1-3-22(18,19)14-9-12(11-5-7-13(16)8-6-11)10-17-15(14)23(20,21)4-2/h5-10H,3-4H2,1-2H3. The Bertz CT molecular complexity index is 920. The van der Waals surface area contributed by atoms with E-state index in [2.05, 4.69) is 4.98 Å². The third kappa shape index (κ3) is 3.73. The maximum absolute atomic E-state index is 12.3. The number of aromatic nitrogens is 1. The number of benzene rings is 1. The van der Waals surface area contributed by atoms with Crippen LogP contribution < -0.4 is 0 Å². The maximum atomic E-state index is 12.3. The molecule has 0 unspecified atom stereocenters. The van der Waals surface area contributed by atoms with Gasteiger partial charge in [-0.3, -0.25) is 0 Å². The first-order valence-corrected chi connectivity index (χ1v) is 10.6. The zero-order valence-electron chi connectivity index (χ0n) is 12.7. The van der Waals surface area contributed by atoms with E-state index in [0.29, 0.717) is 16.1 Å². The highest BCUT2D eigenvalue weighted by molar-refractivity contribution is 7.94. The SMILES string of the molecule is CCS(=O)(=O)c1cc(-c2ccc(Cl)cc2)cnc1S(=O)(=O)CC. The summed E-state index contributed by atoms with van der Waals surface area (Å²) in [6.45, 7) is 2.92. The fraction of sp³-hybridized carbons (Fsp3) is 0.267. The van der Waals surface area contributed by atoms with Crippen LogP contribution in [0.5, 0.6) is 0 Å². The summed E-state index contributed by atoms with van der Waals surface area (Å²) >= 11 is 5.84. The average molecular weight is 374 g/mol. The average Bonchev–Trinajstić information content (AvgIpc) is 2.55. The molecule has 0 spiro atoms. The lowest BCUT2D eigenvalue weighted by Crippen LogP contribution is -2.15. The van der Waals surface area contributed by atoms with Crippen LogP contribution in [0, 0.1) is 0 Å². The second kappa shape index (κ2) is 6.59. The summed E-state index contributed by atoms with van der Waals surface area (Å²) < 4.78 is 48.9. The Hall–Kier alpha value is -1.44. The fourth-order valence-electron chi connectivity index (χ4n) is 1.98. The molecule has 0 amide bonds. The van der Waals surface area contributed by atoms with Crippen LogP contribution in [0.1, 0.15) is 13.8 Å². The second-order valence-electron chi connectivity index (χ2n) is 4.84. The third-order valence-electron chi connectivity index (χ3n) is 3.39. The Kier molecular flexibility index (Phi) is 5.13. The number of nitrogens with zero attached hydrogens (tertiary/aromatic N) is 1. The molecule has 0 aliphatic rings. The van der Waals surface area contributed by atoms with Crippen LogP contribution >= 0.6 is 11.6 Å². The lowest BCUT2D eigenvalue weighted by molar-refractivity contribution is 0.579. The van der Waals surface area contributed by atoms with Gasteiger partial charge in [-0.15, -0.1) is 0 Å². The van der Waals surface area contributed by atoms with Gasteiger partial charge in [0, 0.05) is 16.8 Å². The van der Waals surface area contributed by atoms with Crippen molar-refractivity contribution in [1.82, 2.24) is 4.98 Å². The molecule has 1 aromatic heterocycles. The lowest BCUT2D eigenvalue weighted by atomic mass is 10.1. The summed E-state index contributed by atoms with van der Waals surface area (Å²) in [5, 5.41) is 0.160. The van der Waals surface area contributed by atoms with Crippen molar-refractivity contribution in [3.8, 4) is 11.1 Å². The van der Waals surface area contributed by atoms with Crippen molar-refractivity contribution in [2.75, 3.05) is 11.5 Å². The number of pyridine rings is 1. The van der Waals surface area contributed by atoms with Crippen LogP contribution in [0.25, 0.3) is 11.1 Å². The Morgan fingerprint density at radius 1 is 0.913 bits per heavy atom. The first kappa shape index (κ1) is 17.9. The first-order chi connectivity index (χ1) is 10.7. The summed E-state index contributed by atoms with van der Waals surface area (Å²) in [4.78, 5) is 3.68. The Morgan fingerprint density at radius 3 is 2.00 bits per heavy atom. The molecule has 0 fully saturated rings. The van der Waals surface area contributed by atoms with E-state index in [1.165, 1.54) is 26.1 Å². The molecule has 0 saturated carbocycles. The van der Waals surface area contributed by atoms with Gasteiger partial charge in [0.15, 0.2) is 24.7 Å². The van der Waals surface area contributed by atoms with E-state index in [1.54, 1.807) is 24.3 Å². The molecule has 1 aromatic carbocycles. The molecule has 124 valence electrons. The minimum atomic E-state index is -3.74. The molecule has 2 aromatic rings. The highest BCUT2D eigenvalue weighted by atomic mass is 35.5.